The van der Waals surface area contributed by atoms with Crippen LogP contribution < -0.4 is 11.1 Å². The number of nitrogens with one attached hydrogen (secondary N) is 1. The van der Waals surface area contributed by atoms with Gasteiger partial charge in [-0.15, -0.1) is 0 Å². The molecule has 3 N–H and O–H groups in total. The third-order valence-corrected chi connectivity index (χ3v) is 3.61. The molecule has 4 nitrogen and oxygen atoms in total. The summed E-state index contributed by atoms with van der Waals surface area (Å²) in [6, 6.07) is 2.12. The summed E-state index contributed by atoms with van der Waals surface area (Å²) in [5, 5.41) is 3.37. The Morgan fingerprint density at radius 2 is 2.26 bits per heavy atom. The first kappa shape index (κ1) is 14.2. The van der Waals surface area contributed by atoms with E-state index in [1.807, 2.05) is 0 Å². The van der Waals surface area contributed by atoms with Gasteiger partial charge in [0.15, 0.2) is 0 Å². The van der Waals surface area contributed by atoms with Gasteiger partial charge >= 0.3 is 0 Å². The molecule has 0 atom stereocenters. The lowest BCUT2D eigenvalue weighted by atomic mass is 10.1. The summed E-state index contributed by atoms with van der Waals surface area (Å²) in [6.07, 6.45) is 4.42. The second kappa shape index (κ2) is 6.30. The molecule has 2 rings (SSSR count). The average molecular weight is 278 g/mol. The third-order valence-electron chi connectivity index (χ3n) is 3.39. The number of fused-ring (bicyclic) bond motifs is 1. The Labute approximate surface area is 120 Å². The highest BCUT2D eigenvalue weighted by molar-refractivity contribution is 7.80. The smallest absolute Gasteiger partial charge is 0.136 e. The van der Waals surface area contributed by atoms with Crippen LogP contribution in [0.25, 0.3) is 0 Å². The number of pyridine rings is 1. The van der Waals surface area contributed by atoms with Crippen molar-refractivity contribution >= 4 is 23.0 Å². The van der Waals surface area contributed by atoms with Crippen LogP contribution in [0.4, 0.5) is 5.82 Å². The van der Waals surface area contributed by atoms with Crippen molar-refractivity contribution in [2.45, 2.75) is 25.7 Å². The summed E-state index contributed by atoms with van der Waals surface area (Å²) < 4.78 is 0. The number of nitrogens with two attached hydrogens (primary N) is 1. The molecule has 0 spiro atoms. The van der Waals surface area contributed by atoms with E-state index in [0.29, 0.717) is 4.99 Å². The first-order valence-corrected chi connectivity index (χ1v) is 7.20. The van der Waals surface area contributed by atoms with Crippen LogP contribution in [-0.2, 0) is 12.8 Å². The van der Waals surface area contributed by atoms with Crippen molar-refractivity contribution in [2.75, 3.05) is 32.5 Å². The highest BCUT2D eigenvalue weighted by atomic mass is 32.1. The number of aryl methyl sites for hydroxylation is 2. The van der Waals surface area contributed by atoms with E-state index in [1.54, 1.807) is 0 Å². The molecule has 1 aromatic rings. The van der Waals surface area contributed by atoms with Gasteiger partial charge in [-0.05, 0) is 58.0 Å². The molecule has 0 saturated carbocycles. The molecular weight excluding hydrogens is 256 g/mol. The van der Waals surface area contributed by atoms with Crippen LogP contribution in [-0.4, -0.2) is 42.1 Å². The van der Waals surface area contributed by atoms with E-state index in [9.17, 15) is 0 Å². The minimum Gasteiger partial charge on any atom is -0.389 e. The van der Waals surface area contributed by atoms with E-state index < -0.39 is 0 Å². The summed E-state index contributed by atoms with van der Waals surface area (Å²) in [4.78, 5) is 7.30. The molecule has 1 aliphatic carbocycles. The van der Waals surface area contributed by atoms with Gasteiger partial charge in [-0.25, -0.2) is 4.98 Å². The minimum atomic E-state index is 0.428. The highest BCUT2D eigenvalue weighted by Gasteiger charge is 2.17. The Bertz CT molecular complexity index is 471. The summed E-state index contributed by atoms with van der Waals surface area (Å²) in [5.41, 5.74) is 9.20. The van der Waals surface area contributed by atoms with Crippen LogP contribution in [0.3, 0.4) is 0 Å². The zero-order chi connectivity index (χ0) is 13.8. The molecule has 0 fully saturated rings. The summed E-state index contributed by atoms with van der Waals surface area (Å²) in [7, 11) is 4.15. The first-order valence-electron chi connectivity index (χ1n) is 6.79. The molecule has 0 aliphatic heterocycles. The maximum absolute atomic E-state index is 5.80. The molecule has 0 unspecified atom stereocenters. The standard InChI is InChI=1S/C14H22N4S/c1-18(2)8-4-7-16-14-11(13(15)19)9-10-5-3-6-12(10)17-14/h9H,3-8H2,1-2H3,(H2,15,19)(H,16,17). The van der Waals surface area contributed by atoms with Crippen molar-refractivity contribution in [3.63, 3.8) is 0 Å². The number of thiocarbonyl (C=S) groups is 1. The van der Waals surface area contributed by atoms with E-state index in [0.717, 1.165) is 43.7 Å². The van der Waals surface area contributed by atoms with Crippen LogP contribution in [0.1, 0.15) is 29.7 Å². The number of hydrogen-bond donors (Lipinski definition) is 2. The normalized spacial score (nSPS) is 13.6. The van der Waals surface area contributed by atoms with Gasteiger partial charge in [-0.3, -0.25) is 0 Å². The second-order valence-electron chi connectivity index (χ2n) is 5.29. The highest BCUT2D eigenvalue weighted by Crippen LogP contribution is 2.25. The van der Waals surface area contributed by atoms with Gasteiger partial charge in [0.1, 0.15) is 10.8 Å². The molecule has 1 heterocycles. The van der Waals surface area contributed by atoms with Crippen molar-refractivity contribution < 1.29 is 0 Å². The molecule has 0 bridgehead atoms. The van der Waals surface area contributed by atoms with Crippen LogP contribution in [0.2, 0.25) is 0 Å². The average Bonchev–Trinajstić information content (AvgIpc) is 2.80. The predicted octanol–water partition coefficient (Wildman–Crippen LogP) is 1.57. The predicted molar refractivity (Wildman–Crippen MR) is 83.8 cm³/mol. The van der Waals surface area contributed by atoms with E-state index in [1.165, 1.54) is 17.7 Å². The fourth-order valence-electron chi connectivity index (χ4n) is 2.40. The van der Waals surface area contributed by atoms with Gasteiger partial charge in [-0.1, -0.05) is 12.2 Å². The largest absolute Gasteiger partial charge is 0.389 e. The Morgan fingerprint density at radius 3 is 2.95 bits per heavy atom. The lowest BCUT2D eigenvalue weighted by Crippen LogP contribution is -2.19. The quantitative estimate of drug-likeness (QED) is 0.611. The van der Waals surface area contributed by atoms with E-state index >= 15 is 0 Å². The van der Waals surface area contributed by atoms with Gasteiger partial charge in [0.2, 0.25) is 0 Å². The number of anilines is 1. The van der Waals surface area contributed by atoms with Gasteiger partial charge < -0.3 is 16.0 Å². The van der Waals surface area contributed by atoms with Gasteiger partial charge in [0, 0.05) is 12.2 Å². The molecule has 5 heteroatoms. The van der Waals surface area contributed by atoms with Crippen LogP contribution in [0, 0.1) is 0 Å². The molecule has 19 heavy (non-hydrogen) atoms. The van der Waals surface area contributed by atoms with Crippen molar-refractivity contribution in [3.05, 3.63) is 22.9 Å². The lowest BCUT2D eigenvalue weighted by Gasteiger charge is -2.14. The molecule has 0 saturated heterocycles. The molecule has 0 amide bonds. The lowest BCUT2D eigenvalue weighted by molar-refractivity contribution is 0.405. The molecule has 0 aromatic carbocycles. The van der Waals surface area contributed by atoms with Crippen LogP contribution >= 0.6 is 12.2 Å². The summed E-state index contributed by atoms with van der Waals surface area (Å²) >= 11 is 5.13. The monoisotopic (exact) mass is 278 g/mol. The fraction of sp³-hybridized carbons (Fsp3) is 0.571. The van der Waals surface area contributed by atoms with Gasteiger partial charge in [0.25, 0.3) is 0 Å². The Hall–Kier alpha value is -1.20. The van der Waals surface area contributed by atoms with E-state index in [-0.39, 0.29) is 0 Å². The van der Waals surface area contributed by atoms with Crippen molar-refractivity contribution in [1.29, 1.82) is 0 Å². The minimum absolute atomic E-state index is 0.428. The van der Waals surface area contributed by atoms with Crippen molar-refractivity contribution in [1.82, 2.24) is 9.88 Å². The summed E-state index contributed by atoms with van der Waals surface area (Å²) in [5.74, 6) is 0.854. The molecule has 0 radical (unpaired) electrons. The number of aromatic nitrogens is 1. The van der Waals surface area contributed by atoms with Crippen molar-refractivity contribution in [2.24, 2.45) is 5.73 Å². The first-order chi connectivity index (χ1) is 9.08. The zero-order valence-electron chi connectivity index (χ0n) is 11.7. The number of hydrogen-bond acceptors (Lipinski definition) is 4. The Morgan fingerprint density at radius 1 is 1.47 bits per heavy atom. The molecule has 1 aliphatic rings. The Kier molecular flexibility index (Phi) is 4.71. The molecule has 1 aromatic heterocycles. The zero-order valence-corrected chi connectivity index (χ0v) is 12.5. The topological polar surface area (TPSA) is 54.2 Å². The maximum Gasteiger partial charge on any atom is 0.136 e. The Balaban J connectivity index is 2.08. The van der Waals surface area contributed by atoms with Gasteiger partial charge in [0.05, 0.1) is 5.56 Å². The summed E-state index contributed by atoms with van der Waals surface area (Å²) in [6.45, 7) is 1.94. The molecule has 104 valence electrons. The van der Waals surface area contributed by atoms with E-state index in [4.69, 9.17) is 22.9 Å². The maximum atomic E-state index is 5.80. The van der Waals surface area contributed by atoms with E-state index in [2.05, 4.69) is 30.4 Å². The van der Waals surface area contributed by atoms with Crippen LogP contribution in [0.5, 0.6) is 0 Å². The van der Waals surface area contributed by atoms with Crippen molar-refractivity contribution in [3.8, 4) is 0 Å². The second-order valence-corrected chi connectivity index (χ2v) is 5.73. The molecular formula is C14H22N4S. The third kappa shape index (κ3) is 3.64. The number of nitrogens with zero attached hydrogens (tertiary/aromatic N) is 2. The SMILES string of the molecule is CN(C)CCCNc1nc2c(cc1C(N)=S)CCC2. The fourth-order valence-corrected chi connectivity index (χ4v) is 2.55. The number of rotatable bonds is 6. The van der Waals surface area contributed by atoms with Gasteiger partial charge in [-0.2, -0.15) is 0 Å². The van der Waals surface area contributed by atoms with Crippen LogP contribution in [0.15, 0.2) is 6.07 Å².